The number of carbonyl (C=O) groups is 1. The van der Waals surface area contributed by atoms with Crippen molar-refractivity contribution >= 4 is 5.91 Å². The summed E-state index contributed by atoms with van der Waals surface area (Å²) in [7, 11) is 1.49. The lowest BCUT2D eigenvalue weighted by atomic mass is 9.75. The van der Waals surface area contributed by atoms with Crippen LogP contribution in [0.2, 0.25) is 0 Å². The molecule has 0 saturated carbocycles. The molecule has 0 radical (unpaired) electrons. The summed E-state index contributed by atoms with van der Waals surface area (Å²) < 4.78 is 10.8. The number of rotatable bonds is 7. The molecule has 1 amide bonds. The van der Waals surface area contributed by atoms with Crippen LogP contribution in [0.1, 0.15) is 17.0 Å². The number of aryl methyl sites for hydroxylation is 1. The molecule has 0 bridgehead atoms. The van der Waals surface area contributed by atoms with Gasteiger partial charge >= 0.3 is 0 Å². The van der Waals surface area contributed by atoms with Gasteiger partial charge in [0.25, 0.3) is 0 Å². The topological polar surface area (TPSA) is 96.6 Å². The van der Waals surface area contributed by atoms with Crippen molar-refractivity contribution in [1.29, 1.82) is 0 Å². The number of benzene rings is 2. The summed E-state index contributed by atoms with van der Waals surface area (Å²) in [6.07, 6.45) is 0.695. The predicted octanol–water partition coefficient (Wildman–Crippen LogP) is 2.81. The summed E-state index contributed by atoms with van der Waals surface area (Å²) in [5, 5.41) is 16.2. The molecule has 7 heteroatoms. The molecule has 0 atom stereocenters. The van der Waals surface area contributed by atoms with E-state index in [1.165, 1.54) is 7.11 Å². The van der Waals surface area contributed by atoms with Gasteiger partial charge in [-0.2, -0.15) is 0 Å². The van der Waals surface area contributed by atoms with Crippen LogP contribution in [0.4, 0.5) is 0 Å². The number of hydrogen-bond donors (Lipinski definition) is 3. The number of phenolic OH excluding ortho intramolecular Hbond substituents is 1. The lowest BCUT2D eigenvalue weighted by Gasteiger charge is -2.41. The van der Waals surface area contributed by atoms with Gasteiger partial charge in [-0.3, -0.25) is 4.79 Å². The van der Waals surface area contributed by atoms with Crippen LogP contribution in [0.15, 0.2) is 52.9 Å². The first kappa shape index (κ1) is 20.0. The Morgan fingerprint density at radius 2 is 2.03 bits per heavy atom. The molecule has 156 valence electrons. The highest BCUT2D eigenvalue weighted by Crippen LogP contribution is 2.32. The van der Waals surface area contributed by atoms with Gasteiger partial charge in [-0.25, -0.2) is 4.98 Å². The van der Waals surface area contributed by atoms with Crippen molar-refractivity contribution in [2.75, 3.05) is 20.2 Å². The third kappa shape index (κ3) is 3.89. The second-order valence-electron chi connectivity index (χ2n) is 7.64. The van der Waals surface area contributed by atoms with Crippen LogP contribution in [-0.4, -0.2) is 36.2 Å². The number of carbonyl (C=O) groups excluding carboxylic acids is 1. The maximum Gasteiger partial charge on any atom is 0.229 e. The van der Waals surface area contributed by atoms with Crippen LogP contribution < -0.4 is 15.4 Å². The van der Waals surface area contributed by atoms with Crippen molar-refractivity contribution in [3.63, 3.8) is 0 Å². The zero-order valence-electron chi connectivity index (χ0n) is 17.1. The van der Waals surface area contributed by atoms with E-state index in [2.05, 4.69) is 15.6 Å². The van der Waals surface area contributed by atoms with Crippen molar-refractivity contribution < 1.29 is 19.1 Å². The van der Waals surface area contributed by atoms with Crippen LogP contribution in [-0.2, 0) is 17.8 Å². The number of nitrogens with zero attached hydrogens (tertiary/aromatic N) is 1. The Hall–Kier alpha value is -3.32. The predicted molar refractivity (Wildman–Crippen MR) is 112 cm³/mol. The molecule has 4 rings (SSSR count). The van der Waals surface area contributed by atoms with Crippen molar-refractivity contribution in [3.8, 4) is 23.0 Å². The van der Waals surface area contributed by atoms with Gasteiger partial charge in [0.05, 0.1) is 19.1 Å². The zero-order valence-corrected chi connectivity index (χ0v) is 17.1. The maximum atomic E-state index is 13.0. The highest BCUT2D eigenvalue weighted by molar-refractivity contribution is 5.84. The fourth-order valence-corrected chi connectivity index (χ4v) is 3.67. The van der Waals surface area contributed by atoms with Crippen molar-refractivity contribution in [1.82, 2.24) is 15.6 Å². The largest absolute Gasteiger partial charge is 0.504 e. The fraction of sp³-hybridized carbons (Fsp3) is 0.304. The molecule has 1 aliphatic heterocycles. The number of methoxy groups -OCH3 is 1. The standard InChI is InChI=1S/C23H25N3O4/c1-15-18(26-21(30-15)17-8-9-20(29-2)19(27)10-17)12-25-22(28)23(13-24-14-23)11-16-6-4-3-5-7-16/h3-10,24,27H,11-14H2,1-2H3,(H,25,28). The Bertz CT molecular complexity index is 1040. The lowest BCUT2D eigenvalue weighted by molar-refractivity contribution is -0.134. The molecule has 1 fully saturated rings. The molecule has 0 aliphatic carbocycles. The summed E-state index contributed by atoms with van der Waals surface area (Å²) in [4.78, 5) is 17.5. The van der Waals surface area contributed by atoms with Crippen molar-refractivity contribution in [3.05, 3.63) is 65.5 Å². The third-order valence-electron chi connectivity index (χ3n) is 5.53. The van der Waals surface area contributed by atoms with E-state index < -0.39 is 5.41 Å². The fourth-order valence-electron chi connectivity index (χ4n) is 3.67. The summed E-state index contributed by atoms with van der Waals surface area (Å²) in [6.45, 7) is 3.41. The molecular formula is C23H25N3O4. The highest BCUT2D eigenvalue weighted by Gasteiger charge is 2.44. The number of aromatic hydroxyl groups is 1. The molecule has 0 unspecified atom stereocenters. The average Bonchev–Trinajstić information content (AvgIpc) is 3.10. The van der Waals surface area contributed by atoms with E-state index in [4.69, 9.17) is 9.15 Å². The second-order valence-corrected chi connectivity index (χ2v) is 7.64. The van der Waals surface area contributed by atoms with Crippen LogP contribution in [0.3, 0.4) is 0 Å². The van der Waals surface area contributed by atoms with Gasteiger partial charge in [0.2, 0.25) is 11.8 Å². The Morgan fingerprint density at radius 1 is 1.27 bits per heavy atom. The Balaban J connectivity index is 1.45. The lowest BCUT2D eigenvalue weighted by Crippen LogP contribution is -2.62. The van der Waals surface area contributed by atoms with Crippen LogP contribution >= 0.6 is 0 Å². The highest BCUT2D eigenvalue weighted by atomic mass is 16.5. The minimum atomic E-state index is -0.441. The van der Waals surface area contributed by atoms with Crippen LogP contribution in [0.25, 0.3) is 11.5 Å². The first-order valence-electron chi connectivity index (χ1n) is 9.87. The number of hydrogen-bond acceptors (Lipinski definition) is 6. The van der Waals surface area contributed by atoms with Crippen LogP contribution in [0.5, 0.6) is 11.5 Å². The molecule has 7 nitrogen and oxygen atoms in total. The Kier molecular flexibility index (Phi) is 5.46. The van der Waals surface area contributed by atoms with Gasteiger partial charge < -0.3 is 24.9 Å². The zero-order chi connectivity index (χ0) is 21.1. The summed E-state index contributed by atoms with van der Waals surface area (Å²) in [6, 6.07) is 15.0. The van der Waals surface area contributed by atoms with Gasteiger partial charge in [-0.05, 0) is 37.1 Å². The Morgan fingerprint density at radius 3 is 2.67 bits per heavy atom. The van der Waals surface area contributed by atoms with E-state index in [1.807, 2.05) is 37.3 Å². The minimum Gasteiger partial charge on any atom is -0.504 e. The SMILES string of the molecule is COc1ccc(-c2nc(CNC(=O)C3(Cc4ccccc4)CNC3)c(C)o2)cc1O. The van der Waals surface area contributed by atoms with Gasteiger partial charge in [0, 0.05) is 18.7 Å². The number of oxazole rings is 1. The van der Waals surface area contributed by atoms with Gasteiger partial charge in [0.1, 0.15) is 11.5 Å². The average molecular weight is 407 g/mol. The van der Waals surface area contributed by atoms with E-state index in [-0.39, 0.29) is 18.2 Å². The minimum absolute atomic E-state index is 0.0103. The molecule has 2 aromatic carbocycles. The molecule has 1 aliphatic rings. The molecule has 1 aromatic heterocycles. The summed E-state index contributed by atoms with van der Waals surface area (Å²) in [5.41, 5.74) is 2.01. The van der Waals surface area contributed by atoms with E-state index >= 15 is 0 Å². The number of ether oxygens (including phenoxy) is 1. The first-order valence-corrected chi connectivity index (χ1v) is 9.87. The summed E-state index contributed by atoms with van der Waals surface area (Å²) in [5.74, 6) is 1.42. The third-order valence-corrected chi connectivity index (χ3v) is 5.53. The van der Waals surface area contributed by atoms with E-state index in [9.17, 15) is 9.90 Å². The van der Waals surface area contributed by atoms with E-state index in [0.717, 1.165) is 5.56 Å². The molecule has 30 heavy (non-hydrogen) atoms. The number of phenols is 1. The number of amides is 1. The molecule has 3 aromatic rings. The smallest absolute Gasteiger partial charge is 0.229 e. The molecule has 0 spiro atoms. The molecular weight excluding hydrogens is 382 g/mol. The number of aromatic nitrogens is 1. The molecule has 2 heterocycles. The van der Waals surface area contributed by atoms with Gasteiger partial charge in [0.15, 0.2) is 11.5 Å². The van der Waals surface area contributed by atoms with Crippen molar-refractivity contribution in [2.24, 2.45) is 5.41 Å². The first-order chi connectivity index (χ1) is 14.5. The van der Waals surface area contributed by atoms with E-state index in [1.54, 1.807) is 18.2 Å². The van der Waals surface area contributed by atoms with E-state index in [0.29, 0.717) is 48.2 Å². The molecule has 3 N–H and O–H groups in total. The second kappa shape index (κ2) is 8.20. The normalized spacial score (nSPS) is 14.7. The Labute approximate surface area is 175 Å². The maximum absolute atomic E-state index is 13.0. The monoisotopic (exact) mass is 407 g/mol. The van der Waals surface area contributed by atoms with Crippen molar-refractivity contribution in [2.45, 2.75) is 19.9 Å². The summed E-state index contributed by atoms with van der Waals surface area (Å²) >= 11 is 0. The van der Waals surface area contributed by atoms with Gasteiger partial charge in [-0.1, -0.05) is 30.3 Å². The van der Waals surface area contributed by atoms with Crippen LogP contribution in [0, 0.1) is 12.3 Å². The van der Waals surface area contributed by atoms with Gasteiger partial charge in [-0.15, -0.1) is 0 Å². The quantitative estimate of drug-likeness (QED) is 0.557. The molecule has 1 saturated heterocycles. The number of nitrogens with one attached hydrogen (secondary N) is 2.